The molecule has 0 aliphatic rings. The summed E-state index contributed by atoms with van der Waals surface area (Å²) < 4.78 is 27.3. The summed E-state index contributed by atoms with van der Waals surface area (Å²) in [6.07, 6.45) is 3.42. The molecule has 0 saturated carbocycles. The van der Waals surface area contributed by atoms with Gasteiger partial charge in [-0.3, -0.25) is 0 Å². The van der Waals surface area contributed by atoms with Gasteiger partial charge in [0, 0.05) is 25.8 Å². The molecule has 120 valence electrons. The van der Waals surface area contributed by atoms with Crippen molar-refractivity contribution in [1.82, 2.24) is 4.98 Å². The van der Waals surface area contributed by atoms with Crippen LogP contribution in [0, 0.1) is 17.6 Å². The molecule has 6 heteroatoms. The van der Waals surface area contributed by atoms with E-state index in [1.54, 1.807) is 0 Å². The summed E-state index contributed by atoms with van der Waals surface area (Å²) in [5, 5.41) is 14.8. The lowest BCUT2D eigenvalue weighted by Crippen LogP contribution is -2.18. The summed E-state index contributed by atoms with van der Waals surface area (Å²) in [5.74, 6) is -1.02. The standard InChI is InChI=1S/C15H25F2N3O/c1-3-5-11(6-8-21)10-19-15-13(17)9-12(16)14(20-15)18-7-4-2/h9,11,21H,3-8,10H2,1-2H3,(H2,18,19,20). The fraction of sp³-hybridized carbons (Fsp3) is 0.667. The van der Waals surface area contributed by atoms with Gasteiger partial charge in [-0.15, -0.1) is 0 Å². The quantitative estimate of drug-likeness (QED) is 0.620. The molecule has 0 spiro atoms. The van der Waals surface area contributed by atoms with E-state index in [9.17, 15) is 8.78 Å². The molecule has 0 aliphatic heterocycles. The Morgan fingerprint density at radius 2 is 1.76 bits per heavy atom. The number of aliphatic hydroxyl groups is 1. The minimum absolute atomic E-state index is 0.0500. The largest absolute Gasteiger partial charge is 0.396 e. The van der Waals surface area contributed by atoms with Gasteiger partial charge in [0.25, 0.3) is 0 Å². The second-order valence-corrected chi connectivity index (χ2v) is 5.12. The number of rotatable bonds is 10. The zero-order valence-corrected chi connectivity index (χ0v) is 12.8. The number of nitrogens with one attached hydrogen (secondary N) is 2. The first kappa shape index (κ1) is 17.6. The van der Waals surface area contributed by atoms with Crippen molar-refractivity contribution >= 4 is 11.6 Å². The molecule has 0 bridgehead atoms. The summed E-state index contributed by atoms with van der Waals surface area (Å²) in [4.78, 5) is 3.97. The van der Waals surface area contributed by atoms with E-state index in [2.05, 4.69) is 22.5 Å². The van der Waals surface area contributed by atoms with Crippen LogP contribution in [0.5, 0.6) is 0 Å². The second-order valence-electron chi connectivity index (χ2n) is 5.12. The fourth-order valence-corrected chi connectivity index (χ4v) is 2.14. The van der Waals surface area contributed by atoms with Gasteiger partial charge in [0.1, 0.15) is 0 Å². The topological polar surface area (TPSA) is 57.2 Å². The highest BCUT2D eigenvalue weighted by Crippen LogP contribution is 2.20. The van der Waals surface area contributed by atoms with E-state index in [1.807, 2.05) is 6.92 Å². The third-order valence-corrected chi connectivity index (χ3v) is 3.26. The van der Waals surface area contributed by atoms with Gasteiger partial charge in [-0.25, -0.2) is 13.8 Å². The van der Waals surface area contributed by atoms with E-state index in [4.69, 9.17) is 5.11 Å². The van der Waals surface area contributed by atoms with Gasteiger partial charge < -0.3 is 15.7 Å². The van der Waals surface area contributed by atoms with E-state index < -0.39 is 11.6 Å². The maximum absolute atomic E-state index is 13.7. The molecule has 0 aliphatic carbocycles. The van der Waals surface area contributed by atoms with E-state index in [0.29, 0.717) is 19.5 Å². The zero-order valence-electron chi connectivity index (χ0n) is 12.8. The Balaban J connectivity index is 2.72. The molecule has 0 amide bonds. The normalized spacial score (nSPS) is 12.2. The molecule has 1 rings (SSSR count). The van der Waals surface area contributed by atoms with Crippen molar-refractivity contribution in [2.45, 2.75) is 39.5 Å². The minimum Gasteiger partial charge on any atom is -0.396 e. The van der Waals surface area contributed by atoms with Crippen LogP contribution in [0.15, 0.2) is 6.07 Å². The molecular weight excluding hydrogens is 276 g/mol. The lowest BCUT2D eigenvalue weighted by Gasteiger charge is -2.17. The first-order valence-electron chi connectivity index (χ1n) is 7.56. The van der Waals surface area contributed by atoms with Crippen molar-refractivity contribution in [3.05, 3.63) is 17.7 Å². The summed E-state index contributed by atoms with van der Waals surface area (Å²) in [5.41, 5.74) is 0. The summed E-state index contributed by atoms with van der Waals surface area (Å²) in [6, 6.07) is 0.841. The zero-order chi connectivity index (χ0) is 15.7. The molecule has 1 aromatic rings. The Morgan fingerprint density at radius 3 is 2.33 bits per heavy atom. The van der Waals surface area contributed by atoms with Gasteiger partial charge in [-0.05, 0) is 25.2 Å². The number of anilines is 2. The molecule has 0 fully saturated rings. The molecular formula is C15H25F2N3O. The first-order valence-corrected chi connectivity index (χ1v) is 7.56. The van der Waals surface area contributed by atoms with E-state index in [-0.39, 0.29) is 24.2 Å². The van der Waals surface area contributed by atoms with Crippen molar-refractivity contribution < 1.29 is 13.9 Å². The average molecular weight is 301 g/mol. The molecule has 1 atom stereocenters. The Hall–Kier alpha value is -1.43. The highest BCUT2D eigenvalue weighted by molar-refractivity contribution is 5.47. The number of nitrogens with zero attached hydrogens (tertiary/aromatic N) is 1. The van der Waals surface area contributed by atoms with Crippen LogP contribution in [0.1, 0.15) is 39.5 Å². The predicted octanol–water partition coefficient (Wildman–Crippen LogP) is 3.39. The van der Waals surface area contributed by atoms with E-state index in [1.165, 1.54) is 0 Å². The Kier molecular flexibility index (Phi) is 7.97. The maximum atomic E-state index is 13.7. The van der Waals surface area contributed by atoms with Gasteiger partial charge in [-0.1, -0.05) is 20.3 Å². The maximum Gasteiger partial charge on any atom is 0.168 e. The molecule has 1 heterocycles. The van der Waals surface area contributed by atoms with Crippen molar-refractivity contribution in [3.63, 3.8) is 0 Å². The first-order chi connectivity index (χ1) is 10.1. The van der Waals surface area contributed by atoms with Gasteiger partial charge in [-0.2, -0.15) is 0 Å². The highest BCUT2D eigenvalue weighted by atomic mass is 19.1. The summed E-state index contributed by atoms with van der Waals surface area (Å²) >= 11 is 0. The molecule has 1 unspecified atom stereocenters. The number of aromatic nitrogens is 1. The summed E-state index contributed by atoms with van der Waals surface area (Å²) in [6.45, 7) is 5.22. The molecule has 3 N–H and O–H groups in total. The van der Waals surface area contributed by atoms with Gasteiger partial charge in [0.05, 0.1) is 0 Å². The average Bonchev–Trinajstić information content (AvgIpc) is 2.45. The molecule has 0 aromatic carbocycles. The SMILES string of the molecule is CCCNc1nc(NCC(CCC)CCO)c(F)cc1F. The monoisotopic (exact) mass is 301 g/mol. The molecule has 4 nitrogen and oxygen atoms in total. The minimum atomic E-state index is -0.700. The van der Waals surface area contributed by atoms with Crippen LogP contribution < -0.4 is 10.6 Å². The third-order valence-electron chi connectivity index (χ3n) is 3.26. The number of hydrogen-bond donors (Lipinski definition) is 3. The van der Waals surface area contributed by atoms with Crippen LogP contribution in [-0.2, 0) is 0 Å². The molecule has 0 radical (unpaired) electrons. The predicted molar refractivity (Wildman–Crippen MR) is 81.5 cm³/mol. The fourth-order valence-electron chi connectivity index (χ4n) is 2.14. The molecule has 0 saturated heterocycles. The van der Waals surface area contributed by atoms with E-state index in [0.717, 1.165) is 25.3 Å². The van der Waals surface area contributed by atoms with Crippen LogP contribution in [-0.4, -0.2) is 29.8 Å². The smallest absolute Gasteiger partial charge is 0.168 e. The molecule has 1 aromatic heterocycles. The number of hydrogen-bond acceptors (Lipinski definition) is 4. The summed E-state index contributed by atoms with van der Waals surface area (Å²) in [7, 11) is 0. The highest BCUT2D eigenvalue weighted by Gasteiger charge is 2.13. The molecule has 21 heavy (non-hydrogen) atoms. The number of pyridine rings is 1. The Bertz CT molecular complexity index is 424. The van der Waals surface area contributed by atoms with E-state index >= 15 is 0 Å². The second kappa shape index (κ2) is 9.50. The third kappa shape index (κ3) is 5.83. The van der Waals surface area contributed by atoms with Crippen molar-refractivity contribution in [2.75, 3.05) is 30.3 Å². The lowest BCUT2D eigenvalue weighted by atomic mass is 10.0. The Labute approximate surface area is 125 Å². The van der Waals surface area contributed by atoms with Gasteiger partial charge in [0.15, 0.2) is 23.3 Å². The van der Waals surface area contributed by atoms with Gasteiger partial charge >= 0.3 is 0 Å². The van der Waals surface area contributed by atoms with Crippen LogP contribution in [0.3, 0.4) is 0 Å². The van der Waals surface area contributed by atoms with Gasteiger partial charge in [0.2, 0.25) is 0 Å². The van der Waals surface area contributed by atoms with Crippen LogP contribution in [0.4, 0.5) is 20.4 Å². The van der Waals surface area contributed by atoms with Crippen molar-refractivity contribution in [3.8, 4) is 0 Å². The Morgan fingerprint density at radius 1 is 1.10 bits per heavy atom. The number of halogens is 2. The van der Waals surface area contributed by atoms with Crippen molar-refractivity contribution in [2.24, 2.45) is 5.92 Å². The van der Waals surface area contributed by atoms with Crippen molar-refractivity contribution in [1.29, 1.82) is 0 Å². The van der Waals surface area contributed by atoms with Crippen LogP contribution >= 0.6 is 0 Å². The lowest BCUT2D eigenvalue weighted by molar-refractivity contribution is 0.255. The number of aliphatic hydroxyl groups excluding tert-OH is 1. The van der Waals surface area contributed by atoms with Crippen LogP contribution in [0.2, 0.25) is 0 Å². The van der Waals surface area contributed by atoms with Crippen LogP contribution in [0.25, 0.3) is 0 Å².